The van der Waals surface area contributed by atoms with E-state index >= 15 is 0 Å². The fourth-order valence-electron chi connectivity index (χ4n) is 2.42. The molecule has 0 fully saturated rings. The maximum absolute atomic E-state index is 5.48. The fourth-order valence-corrected chi connectivity index (χ4v) is 2.42. The van der Waals surface area contributed by atoms with E-state index < -0.39 is 0 Å². The van der Waals surface area contributed by atoms with Crippen molar-refractivity contribution in [3.63, 3.8) is 0 Å². The Morgan fingerprint density at radius 1 is 1.42 bits per heavy atom. The van der Waals surface area contributed by atoms with Crippen molar-refractivity contribution in [1.29, 1.82) is 0 Å². The summed E-state index contributed by atoms with van der Waals surface area (Å²) in [5, 5.41) is 3.63. The van der Waals surface area contributed by atoms with Gasteiger partial charge in [0.15, 0.2) is 0 Å². The number of ether oxygens (including phenoxy) is 1. The van der Waals surface area contributed by atoms with Gasteiger partial charge in [0, 0.05) is 17.9 Å². The van der Waals surface area contributed by atoms with Crippen LogP contribution in [0.3, 0.4) is 0 Å². The van der Waals surface area contributed by atoms with Crippen molar-refractivity contribution in [3.05, 3.63) is 41.9 Å². The van der Waals surface area contributed by atoms with Gasteiger partial charge in [0.1, 0.15) is 0 Å². The van der Waals surface area contributed by atoms with Gasteiger partial charge in [-0.1, -0.05) is 13.0 Å². The molecule has 0 bridgehead atoms. The highest BCUT2D eigenvalue weighted by atomic mass is 16.5. The zero-order valence-corrected chi connectivity index (χ0v) is 11.8. The van der Waals surface area contributed by atoms with Crippen LogP contribution in [0.2, 0.25) is 0 Å². The van der Waals surface area contributed by atoms with Crippen LogP contribution in [0.5, 0.6) is 0 Å². The van der Waals surface area contributed by atoms with E-state index in [1.54, 1.807) is 0 Å². The van der Waals surface area contributed by atoms with Crippen molar-refractivity contribution in [3.8, 4) is 0 Å². The molecule has 1 atom stereocenters. The predicted molar refractivity (Wildman–Crippen MR) is 77.9 cm³/mol. The summed E-state index contributed by atoms with van der Waals surface area (Å²) in [6.45, 7) is 4.13. The second-order valence-corrected chi connectivity index (χ2v) is 5.03. The van der Waals surface area contributed by atoms with Crippen LogP contribution < -0.4 is 5.32 Å². The number of aromatic nitrogens is 1. The van der Waals surface area contributed by atoms with Crippen LogP contribution >= 0.6 is 0 Å². The van der Waals surface area contributed by atoms with E-state index in [0.717, 1.165) is 45.3 Å². The molecular formula is C16H24N2O. The molecule has 1 aliphatic rings. The summed E-state index contributed by atoms with van der Waals surface area (Å²) in [6.07, 6.45) is 9.39. The van der Waals surface area contributed by atoms with Crippen molar-refractivity contribution in [2.24, 2.45) is 0 Å². The molecule has 1 aromatic heterocycles. The van der Waals surface area contributed by atoms with E-state index in [1.807, 2.05) is 18.5 Å². The average Bonchev–Trinajstić information content (AvgIpc) is 2.49. The second-order valence-electron chi connectivity index (χ2n) is 5.03. The van der Waals surface area contributed by atoms with Crippen molar-refractivity contribution < 1.29 is 4.74 Å². The number of nitrogens with zero attached hydrogens (tertiary/aromatic N) is 1. The summed E-state index contributed by atoms with van der Waals surface area (Å²) in [7, 11) is 0. The summed E-state index contributed by atoms with van der Waals surface area (Å²) < 4.78 is 5.48. The van der Waals surface area contributed by atoms with Crippen LogP contribution in [0.4, 0.5) is 0 Å². The Kier molecular flexibility index (Phi) is 5.89. The van der Waals surface area contributed by atoms with Gasteiger partial charge in [-0.3, -0.25) is 4.98 Å². The Labute approximate surface area is 116 Å². The van der Waals surface area contributed by atoms with Crippen LogP contribution in [0.15, 0.2) is 36.2 Å². The maximum atomic E-state index is 5.48. The molecule has 0 radical (unpaired) electrons. The van der Waals surface area contributed by atoms with E-state index in [9.17, 15) is 0 Å². The molecule has 0 saturated carbocycles. The number of rotatable bonds is 7. The van der Waals surface area contributed by atoms with E-state index in [1.165, 1.54) is 11.3 Å². The number of pyridine rings is 1. The normalized spacial score (nSPS) is 16.6. The molecule has 2 heterocycles. The number of aryl methyl sites for hydroxylation is 1. The van der Waals surface area contributed by atoms with Crippen LogP contribution in [-0.4, -0.2) is 24.2 Å². The van der Waals surface area contributed by atoms with Gasteiger partial charge in [-0.2, -0.15) is 0 Å². The number of nitrogens with one attached hydrogen (secondary N) is 1. The minimum atomic E-state index is 0.433. The van der Waals surface area contributed by atoms with E-state index in [4.69, 9.17) is 4.74 Å². The van der Waals surface area contributed by atoms with Crippen molar-refractivity contribution in [2.45, 2.75) is 45.1 Å². The van der Waals surface area contributed by atoms with Crippen LogP contribution in [0.25, 0.3) is 0 Å². The molecular weight excluding hydrogens is 236 g/mol. The minimum absolute atomic E-state index is 0.433. The molecule has 0 aliphatic carbocycles. The Hall–Kier alpha value is -1.35. The quantitative estimate of drug-likeness (QED) is 0.818. The van der Waals surface area contributed by atoms with Crippen molar-refractivity contribution in [1.82, 2.24) is 10.3 Å². The smallest absolute Gasteiger partial charge is 0.0876 e. The van der Waals surface area contributed by atoms with Gasteiger partial charge < -0.3 is 10.1 Å². The number of hydrogen-bond acceptors (Lipinski definition) is 3. The summed E-state index contributed by atoms with van der Waals surface area (Å²) >= 11 is 0. The Morgan fingerprint density at radius 3 is 3.05 bits per heavy atom. The lowest BCUT2D eigenvalue weighted by molar-refractivity contribution is 0.218. The molecule has 19 heavy (non-hydrogen) atoms. The standard InChI is InChI=1S/C16H24N2O/c1-2-10-18-16(14-6-5-12-19-13-14)9-8-15-7-3-4-11-17-15/h3-4,7,11,13,16,18H,2,5-6,8-10,12H2,1H3. The lowest BCUT2D eigenvalue weighted by Gasteiger charge is -2.24. The molecule has 0 spiro atoms. The summed E-state index contributed by atoms with van der Waals surface area (Å²) in [5.41, 5.74) is 2.58. The molecule has 1 N–H and O–H groups in total. The third-order valence-corrected chi connectivity index (χ3v) is 3.47. The zero-order valence-electron chi connectivity index (χ0n) is 11.8. The van der Waals surface area contributed by atoms with Gasteiger partial charge in [0.2, 0.25) is 0 Å². The Morgan fingerprint density at radius 2 is 2.37 bits per heavy atom. The largest absolute Gasteiger partial charge is 0.501 e. The van der Waals surface area contributed by atoms with Gasteiger partial charge in [-0.05, 0) is 56.4 Å². The first-order valence-corrected chi connectivity index (χ1v) is 7.34. The topological polar surface area (TPSA) is 34.2 Å². The SMILES string of the molecule is CCCNC(CCc1ccccn1)C1=COCCC1. The van der Waals surface area contributed by atoms with Crippen LogP contribution in [-0.2, 0) is 11.2 Å². The number of hydrogen-bond donors (Lipinski definition) is 1. The Balaban J connectivity index is 1.91. The van der Waals surface area contributed by atoms with Gasteiger partial charge in [0.05, 0.1) is 12.9 Å². The van der Waals surface area contributed by atoms with Crippen LogP contribution in [0.1, 0.15) is 38.3 Å². The lowest BCUT2D eigenvalue weighted by atomic mass is 9.97. The third-order valence-electron chi connectivity index (χ3n) is 3.47. The Bertz CT molecular complexity index is 389. The average molecular weight is 260 g/mol. The van der Waals surface area contributed by atoms with Crippen molar-refractivity contribution >= 4 is 0 Å². The summed E-state index contributed by atoms with van der Waals surface area (Å²) in [4.78, 5) is 4.40. The van der Waals surface area contributed by atoms with Crippen molar-refractivity contribution in [2.75, 3.05) is 13.2 Å². The third kappa shape index (κ3) is 4.67. The molecule has 3 heteroatoms. The first-order chi connectivity index (χ1) is 9.40. The highest BCUT2D eigenvalue weighted by Crippen LogP contribution is 2.19. The molecule has 1 unspecified atom stereocenters. The van der Waals surface area contributed by atoms with Gasteiger partial charge in [-0.15, -0.1) is 0 Å². The molecule has 1 aromatic rings. The molecule has 104 valence electrons. The summed E-state index contributed by atoms with van der Waals surface area (Å²) in [6, 6.07) is 6.55. The predicted octanol–water partition coefficient (Wildman–Crippen LogP) is 3.08. The fraction of sp³-hybridized carbons (Fsp3) is 0.562. The molecule has 0 aromatic carbocycles. The highest BCUT2D eigenvalue weighted by Gasteiger charge is 2.16. The molecule has 3 nitrogen and oxygen atoms in total. The van der Waals surface area contributed by atoms with Gasteiger partial charge in [0.25, 0.3) is 0 Å². The van der Waals surface area contributed by atoms with Crippen LogP contribution in [0, 0.1) is 0 Å². The van der Waals surface area contributed by atoms with E-state index in [0.29, 0.717) is 6.04 Å². The molecule has 1 aliphatic heterocycles. The highest BCUT2D eigenvalue weighted by molar-refractivity contribution is 5.12. The minimum Gasteiger partial charge on any atom is -0.501 e. The first-order valence-electron chi connectivity index (χ1n) is 7.34. The molecule has 0 amide bonds. The maximum Gasteiger partial charge on any atom is 0.0876 e. The molecule has 0 saturated heterocycles. The van der Waals surface area contributed by atoms with E-state index in [-0.39, 0.29) is 0 Å². The first kappa shape index (κ1) is 14.1. The van der Waals surface area contributed by atoms with E-state index in [2.05, 4.69) is 29.4 Å². The summed E-state index contributed by atoms with van der Waals surface area (Å²) in [5.74, 6) is 0. The second kappa shape index (κ2) is 7.95. The monoisotopic (exact) mass is 260 g/mol. The zero-order chi connectivity index (χ0) is 13.3. The van der Waals surface area contributed by atoms with Gasteiger partial charge in [-0.25, -0.2) is 0 Å². The molecule has 2 rings (SSSR count). The van der Waals surface area contributed by atoms with Gasteiger partial charge >= 0.3 is 0 Å². The lowest BCUT2D eigenvalue weighted by Crippen LogP contribution is -2.33.